The third-order valence-corrected chi connectivity index (χ3v) is 2.81. The summed E-state index contributed by atoms with van der Waals surface area (Å²) in [5, 5.41) is 12.5. The maximum absolute atomic E-state index is 11.2. The summed E-state index contributed by atoms with van der Waals surface area (Å²) in [6.07, 6.45) is -0.494. The van der Waals surface area contributed by atoms with Crippen molar-refractivity contribution in [2.75, 3.05) is 19.5 Å². The molecule has 2 N–H and O–H groups in total. The number of methoxy groups -OCH3 is 2. The van der Waals surface area contributed by atoms with E-state index in [2.05, 4.69) is 5.32 Å². The molecule has 0 radical (unpaired) electrons. The zero-order valence-electron chi connectivity index (χ0n) is 10.4. The van der Waals surface area contributed by atoms with Gasteiger partial charge in [0.15, 0.2) is 6.04 Å². The van der Waals surface area contributed by atoms with Crippen molar-refractivity contribution in [2.24, 2.45) is 0 Å². The fourth-order valence-electron chi connectivity index (χ4n) is 1.48. The quantitative estimate of drug-likeness (QED) is 0.832. The van der Waals surface area contributed by atoms with E-state index in [1.807, 2.05) is 0 Å². The number of aliphatic carboxylic acids is 1. The van der Waals surface area contributed by atoms with Crippen molar-refractivity contribution in [3.63, 3.8) is 0 Å². The first-order chi connectivity index (χ1) is 8.49. The molecule has 1 aromatic rings. The predicted octanol–water partition coefficient (Wildman–Crippen LogP) is 2.25. The monoisotopic (exact) mass is 273 g/mol. The maximum Gasteiger partial charge on any atom is 0.328 e. The molecule has 0 bridgehead atoms. The molecule has 2 atom stereocenters. The number of anilines is 1. The Morgan fingerprint density at radius 3 is 2.61 bits per heavy atom. The Bertz CT molecular complexity index is 425. The molecule has 0 saturated heterocycles. The van der Waals surface area contributed by atoms with Gasteiger partial charge in [-0.25, -0.2) is 4.79 Å². The van der Waals surface area contributed by atoms with Crippen LogP contribution in [0, 0.1) is 0 Å². The average Bonchev–Trinajstić information content (AvgIpc) is 2.34. The van der Waals surface area contributed by atoms with Crippen LogP contribution in [-0.4, -0.2) is 37.4 Å². The second-order valence-corrected chi connectivity index (χ2v) is 4.18. The number of nitrogens with one attached hydrogen (secondary N) is 1. The Kier molecular flexibility index (Phi) is 5.25. The van der Waals surface area contributed by atoms with Crippen LogP contribution in [-0.2, 0) is 9.53 Å². The molecule has 2 unspecified atom stereocenters. The van der Waals surface area contributed by atoms with Crippen LogP contribution < -0.4 is 10.1 Å². The molecule has 5 nitrogen and oxygen atoms in total. The van der Waals surface area contributed by atoms with E-state index < -0.39 is 18.1 Å². The van der Waals surface area contributed by atoms with E-state index in [1.54, 1.807) is 25.1 Å². The Balaban J connectivity index is 2.99. The number of rotatable bonds is 6. The molecule has 0 aromatic heterocycles. The van der Waals surface area contributed by atoms with Crippen LogP contribution in [0.15, 0.2) is 18.2 Å². The van der Waals surface area contributed by atoms with Crippen LogP contribution in [0.5, 0.6) is 5.75 Å². The first-order valence-electron chi connectivity index (χ1n) is 5.35. The molecular weight excluding hydrogens is 258 g/mol. The molecule has 1 aromatic carbocycles. The molecular formula is C12H16ClNO4. The van der Waals surface area contributed by atoms with E-state index in [4.69, 9.17) is 26.2 Å². The zero-order chi connectivity index (χ0) is 13.7. The summed E-state index contributed by atoms with van der Waals surface area (Å²) in [7, 11) is 2.96. The van der Waals surface area contributed by atoms with Gasteiger partial charge in [-0.3, -0.25) is 0 Å². The standard InChI is InChI=1S/C12H16ClNO4/c1-7(17-2)11(12(15)16)14-9-6-8(13)4-5-10(9)18-3/h4-7,11,14H,1-3H3,(H,15,16). The van der Waals surface area contributed by atoms with Gasteiger partial charge in [0.1, 0.15) is 5.75 Å². The second kappa shape index (κ2) is 6.47. The molecule has 0 spiro atoms. The number of carboxylic acid groups (broad SMARTS) is 1. The van der Waals surface area contributed by atoms with Crippen molar-refractivity contribution < 1.29 is 19.4 Å². The number of carbonyl (C=O) groups is 1. The van der Waals surface area contributed by atoms with Gasteiger partial charge in [0.2, 0.25) is 0 Å². The lowest BCUT2D eigenvalue weighted by atomic mass is 10.1. The number of hydrogen-bond donors (Lipinski definition) is 2. The first kappa shape index (κ1) is 14.6. The smallest absolute Gasteiger partial charge is 0.328 e. The van der Waals surface area contributed by atoms with Gasteiger partial charge in [0, 0.05) is 12.1 Å². The fourth-order valence-corrected chi connectivity index (χ4v) is 1.65. The molecule has 0 aliphatic rings. The highest BCUT2D eigenvalue weighted by Gasteiger charge is 2.25. The van der Waals surface area contributed by atoms with Gasteiger partial charge >= 0.3 is 5.97 Å². The predicted molar refractivity (Wildman–Crippen MR) is 69.5 cm³/mol. The fraction of sp³-hybridized carbons (Fsp3) is 0.417. The number of carboxylic acids is 1. The summed E-state index contributed by atoms with van der Waals surface area (Å²) in [4.78, 5) is 11.2. The Morgan fingerprint density at radius 2 is 2.11 bits per heavy atom. The Morgan fingerprint density at radius 1 is 1.44 bits per heavy atom. The summed E-state index contributed by atoms with van der Waals surface area (Å²) >= 11 is 5.88. The van der Waals surface area contributed by atoms with E-state index >= 15 is 0 Å². The van der Waals surface area contributed by atoms with Crippen molar-refractivity contribution in [3.8, 4) is 5.75 Å². The Labute approximate surface area is 111 Å². The van der Waals surface area contributed by atoms with Crippen molar-refractivity contribution in [3.05, 3.63) is 23.2 Å². The minimum absolute atomic E-state index is 0.493. The first-order valence-corrected chi connectivity index (χ1v) is 5.73. The lowest BCUT2D eigenvalue weighted by Gasteiger charge is -2.22. The topological polar surface area (TPSA) is 67.8 Å². The molecule has 100 valence electrons. The van der Waals surface area contributed by atoms with E-state index in [-0.39, 0.29) is 0 Å². The third-order valence-electron chi connectivity index (χ3n) is 2.58. The van der Waals surface area contributed by atoms with Gasteiger partial charge in [-0.15, -0.1) is 0 Å². The number of ether oxygens (including phenoxy) is 2. The third kappa shape index (κ3) is 3.51. The number of hydrogen-bond acceptors (Lipinski definition) is 4. The van der Waals surface area contributed by atoms with Gasteiger partial charge in [-0.2, -0.15) is 0 Å². The largest absolute Gasteiger partial charge is 0.495 e. The van der Waals surface area contributed by atoms with Crippen LogP contribution >= 0.6 is 11.6 Å². The van der Waals surface area contributed by atoms with E-state index in [0.717, 1.165) is 0 Å². The minimum atomic E-state index is -1.01. The van der Waals surface area contributed by atoms with E-state index in [9.17, 15) is 4.79 Å². The van der Waals surface area contributed by atoms with E-state index in [1.165, 1.54) is 14.2 Å². The molecule has 6 heteroatoms. The van der Waals surface area contributed by atoms with Crippen molar-refractivity contribution in [2.45, 2.75) is 19.1 Å². The van der Waals surface area contributed by atoms with Gasteiger partial charge < -0.3 is 19.9 Å². The molecule has 18 heavy (non-hydrogen) atoms. The summed E-state index contributed by atoms with van der Waals surface area (Å²) in [5.74, 6) is -0.486. The molecule has 0 fully saturated rings. The van der Waals surface area contributed by atoms with Crippen LogP contribution in [0.4, 0.5) is 5.69 Å². The zero-order valence-corrected chi connectivity index (χ0v) is 11.2. The molecule has 0 aliphatic carbocycles. The minimum Gasteiger partial charge on any atom is -0.495 e. The van der Waals surface area contributed by atoms with E-state index in [0.29, 0.717) is 16.5 Å². The summed E-state index contributed by atoms with van der Waals surface area (Å²) < 4.78 is 10.2. The highest BCUT2D eigenvalue weighted by atomic mass is 35.5. The number of halogens is 1. The lowest BCUT2D eigenvalue weighted by molar-refractivity contribution is -0.140. The van der Waals surface area contributed by atoms with Crippen LogP contribution in [0.3, 0.4) is 0 Å². The van der Waals surface area contributed by atoms with Crippen molar-refractivity contribution in [1.29, 1.82) is 0 Å². The van der Waals surface area contributed by atoms with Gasteiger partial charge in [0.05, 0.1) is 18.9 Å². The van der Waals surface area contributed by atoms with Gasteiger partial charge in [0.25, 0.3) is 0 Å². The molecule has 0 heterocycles. The summed E-state index contributed by atoms with van der Waals surface area (Å²) in [6.45, 7) is 1.67. The molecule has 1 rings (SSSR count). The average molecular weight is 274 g/mol. The maximum atomic E-state index is 11.2. The second-order valence-electron chi connectivity index (χ2n) is 3.75. The van der Waals surface area contributed by atoms with Crippen LogP contribution in [0.1, 0.15) is 6.92 Å². The highest BCUT2D eigenvalue weighted by molar-refractivity contribution is 6.30. The van der Waals surface area contributed by atoms with Gasteiger partial charge in [-0.05, 0) is 25.1 Å². The highest BCUT2D eigenvalue weighted by Crippen LogP contribution is 2.28. The normalized spacial score (nSPS) is 13.8. The summed E-state index contributed by atoms with van der Waals surface area (Å²) in [5.41, 5.74) is 0.515. The van der Waals surface area contributed by atoms with Gasteiger partial charge in [-0.1, -0.05) is 11.6 Å². The Hall–Kier alpha value is -1.46. The number of benzene rings is 1. The van der Waals surface area contributed by atoms with Crippen LogP contribution in [0.25, 0.3) is 0 Å². The summed E-state index contributed by atoms with van der Waals surface area (Å²) in [6, 6.07) is 4.06. The SMILES string of the molecule is COc1ccc(Cl)cc1NC(C(=O)O)C(C)OC. The molecule has 0 amide bonds. The lowest BCUT2D eigenvalue weighted by Crippen LogP contribution is -2.40. The van der Waals surface area contributed by atoms with Crippen molar-refractivity contribution in [1.82, 2.24) is 0 Å². The molecule has 0 aliphatic heterocycles. The van der Waals surface area contributed by atoms with Crippen LogP contribution in [0.2, 0.25) is 5.02 Å². The molecule has 0 saturated carbocycles. The van der Waals surface area contributed by atoms with Crippen molar-refractivity contribution >= 4 is 23.3 Å².